The number of benzene rings is 1. The Bertz CT molecular complexity index is 966. The second-order valence-corrected chi connectivity index (χ2v) is 8.58. The Morgan fingerprint density at radius 2 is 2.07 bits per heavy atom. The molecule has 7 nitrogen and oxygen atoms in total. The third-order valence-electron chi connectivity index (χ3n) is 3.73. The number of carbonyl (C=O) groups excluding carboxylic acids is 1. The van der Waals surface area contributed by atoms with Crippen LogP contribution in [0, 0.1) is 5.92 Å². The molecular weight excluding hydrogens is 396 g/mol. The van der Waals surface area contributed by atoms with Crippen molar-refractivity contribution in [2.45, 2.75) is 20.3 Å². The van der Waals surface area contributed by atoms with Crippen LogP contribution in [0.1, 0.15) is 24.4 Å². The van der Waals surface area contributed by atoms with Gasteiger partial charge in [-0.05, 0) is 41.5 Å². The van der Waals surface area contributed by atoms with Gasteiger partial charge in [0.1, 0.15) is 5.01 Å². The van der Waals surface area contributed by atoms with Crippen LogP contribution >= 0.6 is 23.1 Å². The first-order valence-corrected chi connectivity index (χ1v) is 10.3. The van der Waals surface area contributed by atoms with E-state index in [2.05, 4.69) is 35.6 Å². The van der Waals surface area contributed by atoms with Gasteiger partial charge < -0.3 is 10.2 Å². The van der Waals surface area contributed by atoms with Gasteiger partial charge in [-0.25, -0.2) is 0 Å². The second kappa shape index (κ2) is 8.57. The quantitative estimate of drug-likeness (QED) is 0.420. The Morgan fingerprint density at radius 1 is 1.29 bits per heavy atom. The number of phenolic OH excluding ortho intramolecular Hbond substituents is 2. The SMILES string of the molecule is C=CCN1C(=O)/C(=C\c2ccc(O)c(O)c2)SC1=Nc1nnc(CC(C)C)s1. The van der Waals surface area contributed by atoms with Gasteiger partial charge in [-0.3, -0.25) is 9.69 Å². The van der Waals surface area contributed by atoms with Crippen LogP contribution in [0.15, 0.2) is 40.8 Å². The topological polar surface area (TPSA) is 98.9 Å². The molecule has 0 bridgehead atoms. The van der Waals surface area contributed by atoms with Crippen molar-refractivity contribution in [1.82, 2.24) is 15.1 Å². The Balaban J connectivity index is 1.89. The number of carbonyl (C=O) groups is 1. The summed E-state index contributed by atoms with van der Waals surface area (Å²) in [6, 6.07) is 4.39. The van der Waals surface area contributed by atoms with E-state index in [4.69, 9.17) is 0 Å². The van der Waals surface area contributed by atoms with Gasteiger partial charge in [0.15, 0.2) is 16.7 Å². The summed E-state index contributed by atoms with van der Waals surface area (Å²) in [5.41, 5.74) is 0.598. The summed E-state index contributed by atoms with van der Waals surface area (Å²) in [5, 5.41) is 29.3. The zero-order valence-corrected chi connectivity index (χ0v) is 17.1. The van der Waals surface area contributed by atoms with Crippen molar-refractivity contribution in [2.75, 3.05) is 6.54 Å². The van der Waals surface area contributed by atoms with Gasteiger partial charge in [0.2, 0.25) is 5.13 Å². The molecule has 146 valence electrons. The first-order chi connectivity index (χ1) is 13.4. The maximum Gasteiger partial charge on any atom is 0.267 e. The standard InChI is InChI=1S/C19H20N4O3S2/c1-4-7-23-17(26)15(10-12-5-6-13(24)14(25)9-12)27-19(23)20-18-22-21-16(28-18)8-11(2)3/h4-6,9-11,24-25H,1,7-8H2,2-3H3/b15-10+,20-19?. The molecule has 9 heteroatoms. The molecule has 0 spiro atoms. The maximum absolute atomic E-state index is 12.8. The van der Waals surface area contributed by atoms with E-state index in [0.717, 1.165) is 11.4 Å². The van der Waals surface area contributed by atoms with E-state index in [9.17, 15) is 15.0 Å². The number of thioether (sulfide) groups is 1. The number of aliphatic imine (C=N–C) groups is 1. The minimum atomic E-state index is -0.242. The van der Waals surface area contributed by atoms with Gasteiger partial charge in [0.05, 0.1) is 4.91 Å². The minimum absolute atomic E-state index is 0.205. The van der Waals surface area contributed by atoms with E-state index in [1.807, 2.05) is 0 Å². The highest BCUT2D eigenvalue weighted by atomic mass is 32.2. The molecule has 1 aliphatic heterocycles. The number of hydrogen-bond donors (Lipinski definition) is 2. The summed E-state index contributed by atoms with van der Waals surface area (Å²) in [5.74, 6) is -0.183. The zero-order valence-electron chi connectivity index (χ0n) is 15.5. The van der Waals surface area contributed by atoms with Crippen LogP contribution in [-0.2, 0) is 11.2 Å². The summed E-state index contributed by atoms with van der Waals surface area (Å²) in [7, 11) is 0. The number of amides is 1. The van der Waals surface area contributed by atoms with Crippen LogP contribution in [0.25, 0.3) is 6.08 Å². The molecule has 2 aromatic rings. The van der Waals surface area contributed by atoms with Gasteiger partial charge in [-0.15, -0.1) is 16.8 Å². The van der Waals surface area contributed by atoms with E-state index in [1.54, 1.807) is 18.2 Å². The number of nitrogens with zero attached hydrogens (tertiary/aromatic N) is 4. The van der Waals surface area contributed by atoms with Crippen LogP contribution < -0.4 is 0 Å². The van der Waals surface area contributed by atoms with Crippen LogP contribution in [0.4, 0.5) is 5.13 Å². The van der Waals surface area contributed by atoms with Crippen LogP contribution in [0.3, 0.4) is 0 Å². The highest BCUT2D eigenvalue weighted by Crippen LogP contribution is 2.35. The number of amidine groups is 1. The summed E-state index contributed by atoms with van der Waals surface area (Å²) in [6.45, 7) is 8.25. The molecule has 2 N–H and O–H groups in total. The zero-order chi connectivity index (χ0) is 20.3. The average molecular weight is 417 g/mol. The fourth-order valence-corrected chi connectivity index (χ4v) is 4.44. The van der Waals surface area contributed by atoms with E-state index >= 15 is 0 Å². The van der Waals surface area contributed by atoms with Crippen molar-refractivity contribution in [3.8, 4) is 11.5 Å². The molecule has 2 heterocycles. The van der Waals surface area contributed by atoms with E-state index in [-0.39, 0.29) is 17.4 Å². The minimum Gasteiger partial charge on any atom is -0.504 e. The first kappa shape index (κ1) is 20.1. The number of aromatic hydroxyl groups is 2. The predicted octanol–water partition coefficient (Wildman–Crippen LogP) is 3.94. The normalized spacial score (nSPS) is 17.2. The Kier molecular flexibility index (Phi) is 6.15. The van der Waals surface area contributed by atoms with Crippen molar-refractivity contribution in [2.24, 2.45) is 10.9 Å². The molecule has 1 saturated heterocycles. The highest BCUT2D eigenvalue weighted by Gasteiger charge is 2.33. The molecule has 1 aliphatic rings. The summed E-state index contributed by atoms with van der Waals surface area (Å²) < 4.78 is 0. The number of phenols is 2. The molecule has 0 atom stereocenters. The lowest BCUT2D eigenvalue weighted by Crippen LogP contribution is -2.29. The van der Waals surface area contributed by atoms with Crippen LogP contribution in [-0.4, -0.2) is 42.9 Å². The van der Waals surface area contributed by atoms with E-state index < -0.39 is 0 Å². The van der Waals surface area contributed by atoms with Gasteiger partial charge in [-0.1, -0.05) is 37.3 Å². The predicted molar refractivity (Wildman–Crippen MR) is 113 cm³/mol. The van der Waals surface area contributed by atoms with Crippen molar-refractivity contribution in [1.29, 1.82) is 0 Å². The van der Waals surface area contributed by atoms with Crippen molar-refractivity contribution >= 4 is 45.4 Å². The number of aromatic nitrogens is 2. The monoisotopic (exact) mass is 416 g/mol. The van der Waals surface area contributed by atoms with Crippen molar-refractivity contribution in [3.05, 3.63) is 46.3 Å². The lowest BCUT2D eigenvalue weighted by atomic mass is 10.1. The molecule has 1 aromatic carbocycles. The van der Waals surface area contributed by atoms with Crippen molar-refractivity contribution in [3.63, 3.8) is 0 Å². The summed E-state index contributed by atoms with van der Waals surface area (Å²) >= 11 is 2.64. The summed E-state index contributed by atoms with van der Waals surface area (Å²) in [4.78, 5) is 19.3. The van der Waals surface area contributed by atoms with Gasteiger partial charge >= 0.3 is 0 Å². The number of hydrogen-bond acceptors (Lipinski definition) is 8. The highest BCUT2D eigenvalue weighted by molar-refractivity contribution is 8.18. The molecule has 3 rings (SSSR count). The molecule has 28 heavy (non-hydrogen) atoms. The molecule has 0 saturated carbocycles. The molecule has 0 radical (unpaired) electrons. The molecule has 1 aromatic heterocycles. The lowest BCUT2D eigenvalue weighted by molar-refractivity contribution is -0.121. The summed E-state index contributed by atoms with van der Waals surface area (Å²) in [6.07, 6.45) is 4.11. The van der Waals surface area contributed by atoms with Crippen LogP contribution in [0.5, 0.6) is 11.5 Å². The van der Waals surface area contributed by atoms with Gasteiger partial charge in [0.25, 0.3) is 5.91 Å². The average Bonchev–Trinajstić information content (AvgIpc) is 3.18. The van der Waals surface area contributed by atoms with E-state index in [0.29, 0.717) is 33.2 Å². The molecule has 0 aliphatic carbocycles. The molecule has 1 fully saturated rings. The maximum atomic E-state index is 12.8. The van der Waals surface area contributed by atoms with Crippen LogP contribution in [0.2, 0.25) is 0 Å². The fraction of sp³-hybridized carbons (Fsp3) is 0.263. The first-order valence-electron chi connectivity index (χ1n) is 8.62. The van der Waals surface area contributed by atoms with E-state index in [1.165, 1.54) is 40.1 Å². The second-order valence-electron chi connectivity index (χ2n) is 6.53. The molecular formula is C19H20N4O3S2. The lowest BCUT2D eigenvalue weighted by Gasteiger charge is -2.11. The Hall–Kier alpha value is -2.65. The smallest absolute Gasteiger partial charge is 0.267 e. The number of rotatable bonds is 6. The largest absolute Gasteiger partial charge is 0.504 e. The van der Waals surface area contributed by atoms with Gasteiger partial charge in [-0.2, -0.15) is 4.99 Å². The third kappa shape index (κ3) is 4.60. The molecule has 1 amide bonds. The third-order valence-corrected chi connectivity index (χ3v) is 5.57. The Morgan fingerprint density at radius 3 is 2.75 bits per heavy atom. The van der Waals surface area contributed by atoms with Crippen molar-refractivity contribution < 1.29 is 15.0 Å². The Labute approximate surface area is 171 Å². The van der Waals surface area contributed by atoms with Gasteiger partial charge in [0, 0.05) is 13.0 Å². The fourth-order valence-electron chi connectivity index (χ4n) is 2.47. The molecule has 0 unspecified atom stereocenters.